The first-order chi connectivity index (χ1) is 20.0. The predicted octanol–water partition coefficient (Wildman–Crippen LogP) is 3.31. The lowest BCUT2D eigenvalue weighted by Crippen LogP contribution is -2.71. The highest BCUT2D eigenvalue weighted by Crippen LogP contribution is 2.51. The minimum Gasteiger partial charge on any atom is -0.461 e. The number of nitrogens with one attached hydrogen (secondary N) is 2. The highest BCUT2D eigenvalue weighted by atomic mass is 32.2. The minimum atomic E-state index is -0.906. The second kappa shape index (κ2) is 13.6. The van der Waals surface area contributed by atoms with E-state index in [0.717, 1.165) is 24.9 Å². The monoisotopic (exact) mass is 596 g/mol. The van der Waals surface area contributed by atoms with Crippen LogP contribution in [0.4, 0.5) is 5.69 Å². The fourth-order valence-corrected chi connectivity index (χ4v) is 6.61. The quantitative estimate of drug-likeness (QED) is 0.155. The van der Waals surface area contributed by atoms with Crippen molar-refractivity contribution in [2.75, 3.05) is 39.1 Å². The Hall–Kier alpha value is -3.57. The molecule has 2 aliphatic rings. The van der Waals surface area contributed by atoms with Gasteiger partial charge in [-0.25, -0.2) is 9.59 Å². The Balaban J connectivity index is 1.48. The third-order valence-corrected chi connectivity index (χ3v) is 8.80. The van der Waals surface area contributed by atoms with Gasteiger partial charge in [-0.2, -0.15) is 0 Å². The maximum absolute atomic E-state index is 13.7. The van der Waals surface area contributed by atoms with Crippen molar-refractivity contribution >= 4 is 41.2 Å². The van der Waals surface area contributed by atoms with Gasteiger partial charge in [-0.05, 0) is 52.1 Å². The molecule has 0 aromatic heterocycles. The first kappa shape index (κ1) is 31.4. The van der Waals surface area contributed by atoms with Crippen LogP contribution in [-0.4, -0.2) is 89.5 Å². The van der Waals surface area contributed by atoms with Crippen molar-refractivity contribution in [3.05, 3.63) is 59.7 Å². The van der Waals surface area contributed by atoms with Gasteiger partial charge in [-0.1, -0.05) is 43.7 Å². The maximum atomic E-state index is 13.7. The molecular weight excluding hydrogens is 556 g/mol. The summed E-state index contributed by atoms with van der Waals surface area (Å²) in [6.07, 6.45) is 2.13. The largest absolute Gasteiger partial charge is 0.461 e. The molecule has 42 heavy (non-hydrogen) atoms. The number of ether oxygens (including phenoxy) is 2. The highest BCUT2D eigenvalue weighted by molar-refractivity contribution is 8.01. The number of thioether (sulfide) groups is 1. The Morgan fingerprint density at radius 2 is 1.83 bits per heavy atom. The molecule has 0 spiro atoms. The molecule has 0 bridgehead atoms. The lowest BCUT2D eigenvalue weighted by atomic mass is 9.95. The van der Waals surface area contributed by atoms with Gasteiger partial charge in [0.1, 0.15) is 35.4 Å². The van der Waals surface area contributed by atoms with E-state index in [1.807, 2.05) is 63.2 Å². The number of nitrogens with zero attached hydrogens (tertiary/aromatic N) is 2. The van der Waals surface area contributed by atoms with Crippen LogP contribution in [0.1, 0.15) is 49.5 Å². The topological polar surface area (TPSA) is 117 Å². The van der Waals surface area contributed by atoms with Crippen molar-refractivity contribution in [1.82, 2.24) is 15.1 Å². The Bertz CT molecular complexity index is 1300. The van der Waals surface area contributed by atoms with Gasteiger partial charge >= 0.3 is 11.9 Å². The van der Waals surface area contributed by atoms with Crippen LogP contribution >= 0.6 is 11.8 Å². The summed E-state index contributed by atoms with van der Waals surface area (Å²) in [5.74, 6) is -1.76. The highest BCUT2D eigenvalue weighted by Gasteiger charge is 2.64. The number of rotatable bonds is 13. The Kier molecular flexibility index (Phi) is 10.2. The van der Waals surface area contributed by atoms with Crippen LogP contribution in [0.15, 0.2) is 48.5 Å². The Morgan fingerprint density at radius 3 is 2.52 bits per heavy atom. The molecule has 3 atom stereocenters. The van der Waals surface area contributed by atoms with Crippen LogP contribution in [0.2, 0.25) is 0 Å². The maximum Gasteiger partial charge on any atom is 0.341 e. The number of anilines is 1. The molecule has 2 fully saturated rings. The molecule has 4 rings (SSSR count). The van der Waals surface area contributed by atoms with Crippen molar-refractivity contribution in [3.8, 4) is 5.75 Å². The van der Waals surface area contributed by atoms with Crippen LogP contribution in [-0.2, 0) is 25.5 Å². The third kappa shape index (κ3) is 7.25. The van der Waals surface area contributed by atoms with E-state index in [2.05, 4.69) is 17.6 Å². The summed E-state index contributed by atoms with van der Waals surface area (Å²) in [4.78, 5) is 55.9. The number of carbonyl (C=O) groups is 4. The molecule has 2 heterocycles. The molecule has 2 amide bonds. The number of fused-ring (bicyclic) bond motifs is 1. The Labute approximate surface area is 251 Å². The van der Waals surface area contributed by atoms with Crippen molar-refractivity contribution in [3.63, 3.8) is 0 Å². The van der Waals surface area contributed by atoms with E-state index >= 15 is 0 Å². The number of carbonyl (C=O) groups excluding carboxylic acids is 4. The predicted molar refractivity (Wildman–Crippen MR) is 162 cm³/mol. The summed E-state index contributed by atoms with van der Waals surface area (Å²) in [5, 5.41) is 5.73. The van der Waals surface area contributed by atoms with Gasteiger partial charge < -0.3 is 29.9 Å². The second-order valence-electron chi connectivity index (χ2n) is 11.3. The summed E-state index contributed by atoms with van der Waals surface area (Å²) in [5.41, 5.74) is 1.68. The van der Waals surface area contributed by atoms with E-state index in [1.54, 1.807) is 18.2 Å². The summed E-state index contributed by atoms with van der Waals surface area (Å²) in [7, 11) is 3.76. The van der Waals surface area contributed by atoms with Crippen molar-refractivity contribution in [2.24, 2.45) is 0 Å². The zero-order valence-corrected chi connectivity index (χ0v) is 25.7. The molecule has 0 saturated carbocycles. The fourth-order valence-electron chi connectivity index (χ4n) is 4.99. The van der Waals surface area contributed by atoms with Gasteiger partial charge in [0.15, 0.2) is 0 Å². The van der Waals surface area contributed by atoms with Gasteiger partial charge in [0.05, 0.1) is 6.42 Å². The molecule has 11 heteroatoms. The van der Waals surface area contributed by atoms with Gasteiger partial charge in [0, 0.05) is 29.6 Å². The molecule has 2 aromatic rings. The lowest BCUT2D eigenvalue weighted by Gasteiger charge is -2.43. The summed E-state index contributed by atoms with van der Waals surface area (Å²) >= 11 is 1.45. The number of β-lactam (4-membered cyclic amide) rings is 1. The van der Waals surface area contributed by atoms with Crippen molar-refractivity contribution in [2.45, 2.75) is 62.2 Å². The smallest absolute Gasteiger partial charge is 0.341 e. The SMILES string of the molecule is CCCCNc1ccc(C(=O)OCCN(C)C)c(OC(=O)[C@@H]2N3C(=O)[C@@H](NC(=O)Cc4ccccc4)[C@H]3SC2(C)C)c1. The molecule has 0 unspecified atom stereocenters. The van der Waals surface area contributed by atoms with Crippen LogP contribution in [0, 0.1) is 0 Å². The molecule has 0 aliphatic carbocycles. The molecule has 2 saturated heterocycles. The van der Waals surface area contributed by atoms with E-state index in [0.29, 0.717) is 12.2 Å². The number of unbranched alkanes of at least 4 members (excludes halogenated alkanes) is 1. The number of benzene rings is 2. The van der Waals surface area contributed by atoms with Gasteiger partial charge in [0.2, 0.25) is 11.8 Å². The van der Waals surface area contributed by atoms with Crippen LogP contribution in [0.25, 0.3) is 0 Å². The first-order valence-electron chi connectivity index (χ1n) is 14.3. The van der Waals surface area contributed by atoms with E-state index in [1.165, 1.54) is 16.7 Å². The van der Waals surface area contributed by atoms with E-state index in [-0.39, 0.29) is 36.2 Å². The number of esters is 2. The molecule has 0 radical (unpaired) electrons. The van der Waals surface area contributed by atoms with Crippen LogP contribution in [0.3, 0.4) is 0 Å². The van der Waals surface area contributed by atoms with Crippen LogP contribution in [0.5, 0.6) is 5.75 Å². The minimum absolute atomic E-state index is 0.0706. The first-order valence-corrected chi connectivity index (χ1v) is 15.1. The second-order valence-corrected chi connectivity index (χ2v) is 13.1. The zero-order valence-electron chi connectivity index (χ0n) is 24.8. The summed E-state index contributed by atoms with van der Waals surface area (Å²) < 4.78 is 10.6. The van der Waals surface area contributed by atoms with Crippen LogP contribution < -0.4 is 15.4 Å². The van der Waals surface area contributed by atoms with E-state index in [4.69, 9.17) is 9.47 Å². The molecule has 2 aliphatic heterocycles. The average molecular weight is 597 g/mol. The van der Waals surface area contributed by atoms with Crippen molar-refractivity contribution in [1.29, 1.82) is 0 Å². The Morgan fingerprint density at radius 1 is 1.10 bits per heavy atom. The average Bonchev–Trinajstić information content (AvgIpc) is 3.20. The van der Waals surface area contributed by atoms with Gasteiger partial charge in [-0.15, -0.1) is 11.8 Å². The third-order valence-electron chi connectivity index (χ3n) is 7.23. The number of likely N-dealkylation sites (N-methyl/N-ethyl adjacent to an activating group) is 1. The van der Waals surface area contributed by atoms with Crippen molar-refractivity contribution < 1.29 is 28.7 Å². The standard InChI is InChI=1S/C31H40N4O6S/c1-6-7-15-32-21-13-14-22(29(38)40-17-16-34(4)5)23(19-21)41-30(39)26-31(2,3)42-28-25(27(37)35(26)28)33-24(36)18-20-11-9-8-10-12-20/h8-14,19,25-26,28,32H,6-7,15-18H2,1-5H3,(H,33,36)/t25-,26+,28-/m1/s1. The number of hydrogen-bond acceptors (Lipinski definition) is 9. The molecule has 2 aromatic carbocycles. The zero-order chi connectivity index (χ0) is 30.4. The molecule has 226 valence electrons. The van der Waals surface area contributed by atoms with Gasteiger partial charge in [-0.3, -0.25) is 9.59 Å². The molecule has 2 N–H and O–H groups in total. The molecular formula is C31H40N4O6S. The summed E-state index contributed by atoms with van der Waals surface area (Å²) in [6, 6.07) is 12.6. The lowest BCUT2D eigenvalue weighted by molar-refractivity contribution is -0.159. The number of hydrogen-bond donors (Lipinski definition) is 2. The fraction of sp³-hybridized carbons (Fsp3) is 0.484. The number of amides is 2. The molecule has 10 nitrogen and oxygen atoms in total. The normalized spacial score (nSPS) is 20.5. The van der Waals surface area contributed by atoms with E-state index < -0.39 is 34.1 Å². The van der Waals surface area contributed by atoms with Gasteiger partial charge in [0.25, 0.3) is 0 Å². The van der Waals surface area contributed by atoms with E-state index in [9.17, 15) is 19.2 Å². The summed E-state index contributed by atoms with van der Waals surface area (Å²) in [6.45, 7) is 7.29.